The molecule has 0 fully saturated rings. The van der Waals surface area contributed by atoms with E-state index in [9.17, 15) is 4.79 Å². The van der Waals surface area contributed by atoms with Gasteiger partial charge in [-0.1, -0.05) is 17.7 Å². The predicted molar refractivity (Wildman–Crippen MR) is 81.4 cm³/mol. The normalized spacial score (nSPS) is 14.3. The van der Waals surface area contributed by atoms with Crippen LogP contribution in [0.4, 0.5) is 5.69 Å². The molecule has 0 bridgehead atoms. The smallest absolute Gasteiger partial charge is 0.283 e. The van der Waals surface area contributed by atoms with Crippen LogP contribution in [0.15, 0.2) is 39.8 Å². The van der Waals surface area contributed by atoms with Gasteiger partial charge in [-0.05, 0) is 41.6 Å². The minimum Gasteiger partial charge on any atom is -0.382 e. The van der Waals surface area contributed by atoms with Gasteiger partial charge in [0, 0.05) is 6.54 Å². The van der Waals surface area contributed by atoms with Crippen LogP contribution in [-0.4, -0.2) is 16.3 Å². The summed E-state index contributed by atoms with van der Waals surface area (Å²) in [5.41, 5.74) is 2.13. The predicted octanol–water partition coefficient (Wildman–Crippen LogP) is 3.10. The van der Waals surface area contributed by atoms with Gasteiger partial charge in [-0.15, -0.1) is 6.58 Å². The van der Waals surface area contributed by atoms with Crippen molar-refractivity contribution in [1.82, 2.24) is 9.78 Å². The van der Waals surface area contributed by atoms with E-state index in [-0.39, 0.29) is 5.56 Å². The molecular formula is C14H18BrN3O. The summed E-state index contributed by atoms with van der Waals surface area (Å²) < 4.78 is 1.91. The third-order valence-corrected chi connectivity index (χ3v) is 3.95. The second kappa shape index (κ2) is 6.70. The van der Waals surface area contributed by atoms with E-state index in [2.05, 4.69) is 39.0 Å². The van der Waals surface area contributed by atoms with Crippen LogP contribution < -0.4 is 10.9 Å². The van der Waals surface area contributed by atoms with E-state index in [4.69, 9.17) is 0 Å². The molecule has 1 heterocycles. The van der Waals surface area contributed by atoms with Gasteiger partial charge in [-0.25, -0.2) is 4.68 Å². The van der Waals surface area contributed by atoms with Crippen LogP contribution in [0.1, 0.15) is 25.7 Å². The second-order valence-electron chi connectivity index (χ2n) is 4.58. The van der Waals surface area contributed by atoms with Crippen molar-refractivity contribution in [1.29, 1.82) is 0 Å². The Morgan fingerprint density at radius 2 is 2.42 bits per heavy atom. The molecule has 0 saturated carbocycles. The summed E-state index contributed by atoms with van der Waals surface area (Å²) in [7, 11) is 0. The van der Waals surface area contributed by atoms with Crippen molar-refractivity contribution in [3.05, 3.63) is 45.3 Å². The topological polar surface area (TPSA) is 46.9 Å². The molecule has 0 spiro atoms. The molecule has 0 unspecified atom stereocenters. The van der Waals surface area contributed by atoms with Crippen LogP contribution in [0.2, 0.25) is 0 Å². The first-order valence-corrected chi connectivity index (χ1v) is 7.30. The monoisotopic (exact) mass is 323 g/mol. The zero-order chi connectivity index (χ0) is 13.7. The van der Waals surface area contributed by atoms with Crippen LogP contribution in [0.5, 0.6) is 0 Å². The Hall–Kier alpha value is -1.36. The van der Waals surface area contributed by atoms with Gasteiger partial charge in [0.25, 0.3) is 5.56 Å². The Morgan fingerprint density at radius 3 is 3.11 bits per heavy atom. The Balaban J connectivity index is 1.98. The van der Waals surface area contributed by atoms with Gasteiger partial charge in [-0.3, -0.25) is 4.79 Å². The molecule has 1 aromatic rings. The van der Waals surface area contributed by atoms with Crippen molar-refractivity contribution >= 4 is 21.6 Å². The third kappa shape index (κ3) is 3.56. The minimum absolute atomic E-state index is 0.134. The standard InChI is InChI=1S/C14H18BrN3O/c1-2-9-18-14(19)13(15)12(10-17-18)16-8-7-11-5-3-4-6-11/h2,5,10,16H,1,3-4,6-9H2. The lowest BCUT2D eigenvalue weighted by molar-refractivity contribution is 0.649. The number of nitrogens with zero attached hydrogens (tertiary/aromatic N) is 2. The van der Waals surface area contributed by atoms with Crippen molar-refractivity contribution in [2.24, 2.45) is 0 Å². The maximum atomic E-state index is 12.0. The van der Waals surface area contributed by atoms with E-state index in [1.165, 1.54) is 29.5 Å². The summed E-state index contributed by atoms with van der Waals surface area (Å²) in [6.07, 6.45) is 10.4. The number of anilines is 1. The molecule has 102 valence electrons. The summed E-state index contributed by atoms with van der Waals surface area (Å²) in [5.74, 6) is 0. The van der Waals surface area contributed by atoms with Crippen LogP contribution in [0.3, 0.4) is 0 Å². The van der Waals surface area contributed by atoms with E-state index >= 15 is 0 Å². The van der Waals surface area contributed by atoms with E-state index in [0.717, 1.165) is 18.7 Å². The molecule has 19 heavy (non-hydrogen) atoms. The summed E-state index contributed by atoms with van der Waals surface area (Å²) >= 11 is 3.33. The van der Waals surface area contributed by atoms with Gasteiger partial charge in [0.1, 0.15) is 4.47 Å². The lowest BCUT2D eigenvalue weighted by atomic mass is 10.2. The van der Waals surface area contributed by atoms with Crippen molar-refractivity contribution in [2.45, 2.75) is 32.2 Å². The first-order chi connectivity index (χ1) is 9.22. The van der Waals surface area contributed by atoms with Crippen LogP contribution in [-0.2, 0) is 6.54 Å². The number of allylic oxidation sites excluding steroid dienone is 2. The Labute approximate surface area is 121 Å². The molecule has 0 amide bonds. The molecule has 0 aliphatic heterocycles. The fraction of sp³-hybridized carbons (Fsp3) is 0.429. The molecule has 0 aromatic carbocycles. The summed E-state index contributed by atoms with van der Waals surface area (Å²) in [6.45, 7) is 4.86. The van der Waals surface area contributed by atoms with E-state index < -0.39 is 0 Å². The summed E-state index contributed by atoms with van der Waals surface area (Å²) in [4.78, 5) is 12.0. The Morgan fingerprint density at radius 1 is 1.58 bits per heavy atom. The highest BCUT2D eigenvalue weighted by Gasteiger charge is 2.08. The van der Waals surface area contributed by atoms with Crippen molar-refractivity contribution in [3.63, 3.8) is 0 Å². The molecule has 1 aliphatic carbocycles. The van der Waals surface area contributed by atoms with Gasteiger partial charge in [0.05, 0.1) is 18.4 Å². The molecule has 5 heteroatoms. The highest BCUT2D eigenvalue weighted by molar-refractivity contribution is 9.10. The maximum Gasteiger partial charge on any atom is 0.283 e. The highest BCUT2D eigenvalue weighted by Crippen LogP contribution is 2.21. The van der Waals surface area contributed by atoms with Gasteiger partial charge in [0.2, 0.25) is 0 Å². The van der Waals surface area contributed by atoms with Crippen molar-refractivity contribution in [3.8, 4) is 0 Å². The van der Waals surface area contributed by atoms with Crippen LogP contribution in [0, 0.1) is 0 Å². The SMILES string of the molecule is C=CCn1ncc(NCCC2=CCCC2)c(Br)c1=O. The number of rotatable bonds is 6. The zero-order valence-electron chi connectivity index (χ0n) is 10.9. The number of aromatic nitrogens is 2. The molecular weight excluding hydrogens is 306 g/mol. The summed E-state index contributed by atoms with van der Waals surface area (Å²) in [5, 5.41) is 7.37. The average molecular weight is 324 g/mol. The van der Waals surface area contributed by atoms with Crippen molar-refractivity contribution < 1.29 is 0 Å². The lowest BCUT2D eigenvalue weighted by Gasteiger charge is -2.10. The number of nitrogens with one attached hydrogen (secondary N) is 1. The molecule has 1 aromatic heterocycles. The first-order valence-electron chi connectivity index (χ1n) is 6.50. The third-order valence-electron chi connectivity index (χ3n) is 3.18. The largest absolute Gasteiger partial charge is 0.382 e. The molecule has 1 N–H and O–H groups in total. The first kappa shape index (κ1) is 14.1. The molecule has 2 rings (SSSR count). The zero-order valence-corrected chi connectivity index (χ0v) is 12.4. The Kier molecular flexibility index (Phi) is 4.96. The van der Waals surface area contributed by atoms with E-state index in [1.807, 2.05) is 0 Å². The van der Waals surface area contributed by atoms with Crippen LogP contribution in [0.25, 0.3) is 0 Å². The van der Waals surface area contributed by atoms with Gasteiger partial charge in [-0.2, -0.15) is 5.10 Å². The highest BCUT2D eigenvalue weighted by atomic mass is 79.9. The fourth-order valence-corrected chi connectivity index (χ4v) is 2.61. The number of hydrogen-bond donors (Lipinski definition) is 1. The Bertz CT molecular complexity index is 548. The molecule has 1 aliphatic rings. The minimum atomic E-state index is -0.134. The van der Waals surface area contributed by atoms with Gasteiger partial charge in [0.15, 0.2) is 0 Å². The van der Waals surface area contributed by atoms with Crippen molar-refractivity contribution in [2.75, 3.05) is 11.9 Å². The van der Waals surface area contributed by atoms with E-state index in [1.54, 1.807) is 12.3 Å². The number of halogens is 1. The van der Waals surface area contributed by atoms with Gasteiger partial charge >= 0.3 is 0 Å². The van der Waals surface area contributed by atoms with E-state index in [0.29, 0.717) is 11.0 Å². The number of hydrogen-bond acceptors (Lipinski definition) is 3. The molecule has 4 nitrogen and oxygen atoms in total. The molecule has 0 saturated heterocycles. The fourth-order valence-electron chi connectivity index (χ4n) is 2.16. The van der Waals surface area contributed by atoms with Gasteiger partial charge < -0.3 is 5.32 Å². The van der Waals surface area contributed by atoms with Crippen LogP contribution >= 0.6 is 15.9 Å². The quantitative estimate of drug-likeness (QED) is 0.818. The maximum absolute atomic E-state index is 12.0. The molecule has 0 atom stereocenters. The average Bonchev–Trinajstić information content (AvgIpc) is 2.91. The second-order valence-corrected chi connectivity index (χ2v) is 5.37. The summed E-state index contributed by atoms with van der Waals surface area (Å²) in [6, 6.07) is 0. The molecule has 0 radical (unpaired) electrons. The lowest BCUT2D eigenvalue weighted by Crippen LogP contribution is -2.24.